The molecule has 1 amide bonds. The summed E-state index contributed by atoms with van der Waals surface area (Å²) < 4.78 is 1.74. The van der Waals surface area contributed by atoms with Gasteiger partial charge in [-0.1, -0.05) is 24.8 Å². The number of nitro groups is 1. The molecule has 0 saturated heterocycles. The maximum atomic E-state index is 12.6. The molecule has 3 rings (SSSR count). The molecule has 170 valence electrons. The lowest BCUT2D eigenvalue weighted by molar-refractivity contribution is -0.385. The van der Waals surface area contributed by atoms with Crippen LogP contribution in [0.15, 0.2) is 29.6 Å². The molecule has 1 aromatic carbocycles. The molecule has 2 aromatic heterocycles. The molecule has 0 atom stereocenters. The molecule has 11 heteroatoms. The van der Waals surface area contributed by atoms with Gasteiger partial charge < -0.3 is 10.6 Å². The summed E-state index contributed by atoms with van der Waals surface area (Å²) in [4.78, 5) is 32.5. The molecular formula is C21H27N7O3S. The van der Waals surface area contributed by atoms with E-state index in [0.717, 1.165) is 23.4 Å². The van der Waals surface area contributed by atoms with E-state index in [0.29, 0.717) is 29.5 Å². The standard InChI is InChI=1S/C21H27N7O3S/c1-5-11-32-21-25-18(24-13(2)3)16-12-23-27(19(16)26-21)10-9-22-20(29)15-7-6-8-17(14(15)4)28(30)31/h6-8,12-13H,5,9-11H2,1-4H3,(H,22,29)(H,24,25,26). The number of nitrogens with one attached hydrogen (secondary N) is 2. The fourth-order valence-corrected chi connectivity index (χ4v) is 3.87. The first-order chi connectivity index (χ1) is 15.3. The number of amides is 1. The van der Waals surface area contributed by atoms with Crippen LogP contribution in [0, 0.1) is 17.0 Å². The summed E-state index contributed by atoms with van der Waals surface area (Å²) in [7, 11) is 0. The Labute approximate surface area is 190 Å². The molecule has 0 saturated carbocycles. The van der Waals surface area contributed by atoms with E-state index < -0.39 is 4.92 Å². The van der Waals surface area contributed by atoms with Crippen LogP contribution in [0.2, 0.25) is 0 Å². The molecule has 0 fully saturated rings. The second-order valence-corrected chi connectivity index (χ2v) is 8.63. The van der Waals surface area contributed by atoms with Crippen molar-refractivity contribution in [2.45, 2.75) is 51.9 Å². The van der Waals surface area contributed by atoms with Gasteiger partial charge in [-0.3, -0.25) is 14.9 Å². The number of hydrogen-bond donors (Lipinski definition) is 2. The molecule has 0 aliphatic rings. The van der Waals surface area contributed by atoms with Crippen molar-refractivity contribution in [3.8, 4) is 0 Å². The van der Waals surface area contributed by atoms with E-state index in [4.69, 9.17) is 0 Å². The van der Waals surface area contributed by atoms with Gasteiger partial charge in [-0.15, -0.1) is 0 Å². The number of nitro benzene ring substituents is 1. The second kappa shape index (κ2) is 10.4. The van der Waals surface area contributed by atoms with E-state index in [1.807, 2.05) is 13.8 Å². The number of hydrogen-bond acceptors (Lipinski definition) is 8. The molecule has 0 aliphatic heterocycles. The van der Waals surface area contributed by atoms with Crippen LogP contribution in [0.4, 0.5) is 11.5 Å². The van der Waals surface area contributed by atoms with Gasteiger partial charge in [-0.05, 0) is 33.3 Å². The van der Waals surface area contributed by atoms with Crippen molar-refractivity contribution in [3.63, 3.8) is 0 Å². The van der Waals surface area contributed by atoms with Crippen LogP contribution < -0.4 is 10.6 Å². The highest BCUT2D eigenvalue weighted by Gasteiger charge is 2.18. The first-order valence-corrected chi connectivity index (χ1v) is 11.5. The third kappa shape index (κ3) is 5.34. The van der Waals surface area contributed by atoms with Crippen LogP contribution in [-0.4, -0.2) is 48.9 Å². The normalized spacial score (nSPS) is 11.2. The number of thioether (sulfide) groups is 1. The zero-order chi connectivity index (χ0) is 23.3. The molecule has 0 spiro atoms. The molecule has 0 aliphatic carbocycles. The predicted molar refractivity (Wildman–Crippen MR) is 125 cm³/mol. The second-order valence-electron chi connectivity index (χ2n) is 7.57. The number of rotatable bonds is 10. The number of benzene rings is 1. The zero-order valence-electron chi connectivity index (χ0n) is 18.6. The first kappa shape index (κ1) is 23.5. The summed E-state index contributed by atoms with van der Waals surface area (Å²) in [5.74, 6) is 1.30. The Kier molecular flexibility index (Phi) is 7.62. The first-order valence-electron chi connectivity index (χ1n) is 10.5. The molecule has 3 aromatic rings. The van der Waals surface area contributed by atoms with Gasteiger partial charge in [0.2, 0.25) is 0 Å². The largest absolute Gasteiger partial charge is 0.367 e. The van der Waals surface area contributed by atoms with Crippen LogP contribution in [0.1, 0.15) is 43.1 Å². The maximum Gasteiger partial charge on any atom is 0.273 e. The average Bonchev–Trinajstić information content (AvgIpc) is 3.15. The maximum absolute atomic E-state index is 12.6. The minimum absolute atomic E-state index is 0.0743. The van der Waals surface area contributed by atoms with Gasteiger partial charge in [0, 0.05) is 35.5 Å². The van der Waals surface area contributed by atoms with Crippen molar-refractivity contribution in [1.29, 1.82) is 0 Å². The van der Waals surface area contributed by atoms with E-state index in [2.05, 4.69) is 32.6 Å². The van der Waals surface area contributed by atoms with Gasteiger partial charge in [-0.25, -0.2) is 14.6 Å². The van der Waals surface area contributed by atoms with Gasteiger partial charge in [0.05, 0.1) is 23.1 Å². The van der Waals surface area contributed by atoms with Crippen LogP contribution in [0.3, 0.4) is 0 Å². The predicted octanol–water partition coefficient (Wildman–Crippen LogP) is 3.80. The van der Waals surface area contributed by atoms with Crippen molar-refractivity contribution in [2.75, 3.05) is 17.6 Å². The van der Waals surface area contributed by atoms with Crippen LogP contribution in [-0.2, 0) is 6.54 Å². The minimum atomic E-state index is -0.487. The molecular weight excluding hydrogens is 430 g/mol. The smallest absolute Gasteiger partial charge is 0.273 e. The third-order valence-corrected chi connectivity index (χ3v) is 5.75. The number of fused-ring (bicyclic) bond motifs is 1. The Bertz CT molecular complexity index is 1130. The van der Waals surface area contributed by atoms with Gasteiger partial charge in [0.1, 0.15) is 5.82 Å². The van der Waals surface area contributed by atoms with Gasteiger partial charge >= 0.3 is 0 Å². The highest BCUT2D eigenvalue weighted by molar-refractivity contribution is 7.99. The number of carbonyl (C=O) groups is 1. The summed E-state index contributed by atoms with van der Waals surface area (Å²) in [6, 6.07) is 4.68. The van der Waals surface area contributed by atoms with Gasteiger partial charge in [0.15, 0.2) is 10.8 Å². The van der Waals surface area contributed by atoms with E-state index in [9.17, 15) is 14.9 Å². The van der Waals surface area contributed by atoms with Crippen LogP contribution >= 0.6 is 11.8 Å². The number of carbonyl (C=O) groups excluding carboxylic acids is 1. The van der Waals surface area contributed by atoms with Gasteiger partial charge in [-0.2, -0.15) is 5.10 Å². The quantitative estimate of drug-likeness (QED) is 0.204. The Hall–Kier alpha value is -3.21. The number of nitrogens with zero attached hydrogens (tertiary/aromatic N) is 5. The van der Waals surface area contributed by atoms with Crippen LogP contribution in [0.5, 0.6) is 0 Å². The van der Waals surface area contributed by atoms with Crippen molar-refractivity contribution < 1.29 is 9.72 Å². The van der Waals surface area contributed by atoms with Crippen molar-refractivity contribution in [3.05, 3.63) is 45.6 Å². The SMILES string of the molecule is CCCSc1nc(NC(C)C)c2cnn(CCNC(=O)c3cccc([N+](=O)[O-])c3C)c2n1. The topological polar surface area (TPSA) is 128 Å². The van der Waals surface area contributed by atoms with Crippen molar-refractivity contribution >= 4 is 40.2 Å². The summed E-state index contributed by atoms with van der Waals surface area (Å²) in [6.07, 6.45) is 2.74. The average molecular weight is 458 g/mol. The highest BCUT2D eigenvalue weighted by atomic mass is 32.2. The zero-order valence-corrected chi connectivity index (χ0v) is 19.4. The molecule has 32 heavy (non-hydrogen) atoms. The Balaban J connectivity index is 1.77. The molecule has 2 N–H and O–H groups in total. The third-order valence-electron chi connectivity index (χ3n) is 4.69. The Morgan fingerprint density at radius 1 is 1.31 bits per heavy atom. The monoisotopic (exact) mass is 457 g/mol. The highest BCUT2D eigenvalue weighted by Crippen LogP contribution is 2.25. The lowest BCUT2D eigenvalue weighted by Crippen LogP contribution is -2.28. The molecule has 2 heterocycles. The lowest BCUT2D eigenvalue weighted by Gasteiger charge is -2.12. The fourth-order valence-electron chi connectivity index (χ4n) is 3.18. The van der Waals surface area contributed by atoms with E-state index >= 15 is 0 Å². The van der Waals surface area contributed by atoms with E-state index in [1.54, 1.807) is 35.6 Å². The molecule has 0 bridgehead atoms. The van der Waals surface area contributed by atoms with Gasteiger partial charge in [0.25, 0.3) is 11.6 Å². The summed E-state index contributed by atoms with van der Waals surface area (Å²) >= 11 is 1.59. The summed E-state index contributed by atoms with van der Waals surface area (Å²) in [5, 5.41) is 23.2. The van der Waals surface area contributed by atoms with Crippen molar-refractivity contribution in [2.24, 2.45) is 0 Å². The fraction of sp³-hybridized carbons (Fsp3) is 0.429. The molecule has 0 radical (unpaired) electrons. The minimum Gasteiger partial charge on any atom is -0.367 e. The number of aromatic nitrogens is 4. The van der Waals surface area contributed by atoms with Crippen LogP contribution in [0.25, 0.3) is 11.0 Å². The van der Waals surface area contributed by atoms with E-state index in [-0.39, 0.29) is 23.2 Å². The Morgan fingerprint density at radius 3 is 2.78 bits per heavy atom. The lowest BCUT2D eigenvalue weighted by atomic mass is 10.1. The summed E-state index contributed by atoms with van der Waals surface area (Å²) in [6.45, 7) is 8.47. The van der Waals surface area contributed by atoms with E-state index in [1.165, 1.54) is 12.1 Å². The molecule has 10 nitrogen and oxygen atoms in total. The summed E-state index contributed by atoms with van der Waals surface area (Å²) in [5.41, 5.74) is 1.25. The number of anilines is 1. The van der Waals surface area contributed by atoms with Crippen molar-refractivity contribution in [1.82, 2.24) is 25.1 Å². The Morgan fingerprint density at radius 2 is 2.09 bits per heavy atom. The molecule has 0 unspecified atom stereocenters.